The molecule has 1 saturated heterocycles. The minimum absolute atomic E-state index is 0.448. The number of rotatable bonds is 2. The first-order valence-electron chi connectivity index (χ1n) is 5.09. The van der Waals surface area contributed by atoms with Gasteiger partial charge in [0.05, 0.1) is 11.9 Å². The van der Waals surface area contributed by atoms with Crippen LogP contribution >= 0.6 is 0 Å². The SMILES string of the molecule is Cn1nncc1C1CCNC(CN)C1. The molecule has 78 valence electrons. The maximum atomic E-state index is 5.66. The van der Waals surface area contributed by atoms with Gasteiger partial charge < -0.3 is 11.1 Å². The predicted octanol–water partition coefficient (Wildman–Crippen LogP) is -0.391. The lowest BCUT2D eigenvalue weighted by Crippen LogP contribution is -2.42. The summed E-state index contributed by atoms with van der Waals surface area (Å²) in [6.07, 6.45) is 4.11. The van der Waals surface area contributed by atoms with E-state index in [4.69, 9.17) is 5.73 Å². The molecule has 2 rings (SSSR count). The fourth-order valence-electron chi connectivity index (χ4n) is 2.12. The van der Waals surface area contributed by atoms with Crippen molar-refractivity contribution in [3.63, 3.8) is 0 Å². The summed E-state index contributed by atoms with van der Waals surface area (Å²) in [5.74, 6) is 0.560. The van der Waals surface area contributed by atoms with Crippen LogP contribution in [0.25, 0.3) is 0 Å². The molecular formula is C9H17N5. The number of nitrogens with two attached hydrogens (primary N) is 1. The summed E-state index contributed by atoms with van der Waals surface area (Å²) >= 11 is 0. The van der Waals surface area contributed by atoms with Gasteiger partial charge in [-0.15, -0.1) is 5.10 Å². The highest BCUT2D eigenvalue weighted by molar-refractivity contribution is 5.05. The Labute approximate surface area is 83.7 Å². The molecule has 0 amide bonds. The Hall–Kier alpha value is -0.940. The second kappa shape index (κ2) is 4.06. The van der Waals surface area contributed by atoms with Crippen LogP contribution in [-0.2, 0) is 7.05 Å². The van der Waals surface area contributed by atoms with Crippen LogP contribution in [0.15, 0.2) is 6.20 Å². The average Bonchev–Trinajstić information content (AvgIpc) is 2.65. The van der Waals surface area contributed by atoms with Gasteiger partial charge in [0, 0.05) is 25.6 Å². The van der Waals surface area contributed by atoms with Gasteiger partial charge >= 0.3 is 0 Å². The van der Waals surface area contributed by atoms with Gasteiger partial charge in [-0.05, 0) is 19.4 Å². The molecule has 2 heterocycles. The van der Waals surface area contributed by atoms with Crippen LogP contribution in [-0.4, -0.2) is 34.1 Å². The first-order chi connectivity index (χ1) is 6.81. The lowest BCUT2D eigenvalue weighted by molar-refractivity contribution is 0.356. The van der Waals surface area contributed by atoms with E-state index < -0.39 is 0 Å². The Morgan fingerprint density at radius 2 is 2.57 bits per heavy atom. The lowest BCUT2D eigenvalue weighted by Gasteiger charge is -2.29. The molecule has 2 atom stereocenters. The summed E-state index contributed by atoms with van der Waals surface area (Å²) in [5.41, 5.74) is 6.88. The molecule has 0 aliphatic carbocycles. The van der Waals surface area contributed by atoms with Crippen molar-refractivity contribution in [2.45, 2.75) is 24.8 Å². The Balaban J connectivity index is 2.08. The van der Waals surface area contributed by atoms with Crippen LogP contribution in [0, 0.1) is 0 Å². The second-order valence-corrected chi connectivity index (χ2v) is 3.89. The first-order valence-corrected chi connectivity index (χ1v) is 5.09. The quantitative estimate of drug-likeness (QED) is 0.674. The normalized spacial score (nSPS) is 27.9. The largest absolute Gasteiger partial charge is 0.329 e. The molecule has 2 unspecified atom stereocenters. The minimum atomic E-state index is 0.448. The highest BCUT2D eigenvalue weighted by Crippen LogP contribution is 2.25. The molecule has 5 nitrogen and oxygen atoms in total. The fraction of sp³-hybridized carbons (Fsp3) is 0.778. The summed E-state index contributed by atoms with van der Waals surface area (Å²) < 4.78 is 1.86. The van der Waals surface area contributed by atoms with E-state index in [2.05, 4.69) is 15.6 Å². The van der Waals surface area contributed by atoms with E-state index in [0.717, 1.165) is 19.4 Å². The number of piperidine rings is 1. The summed E-state index contributed by atoms with van der Waals surface area (Å²) in [6, 6.07) is 0.448. The van der Waals surface area contributed by atoms with Crippen molar-refractivity contribution in [1.29, 1.82) is 0 Å². The molecule has 0 spiro atoms. The van der Waals surface area contributed by atoms with E-state index in [1.807, 2.05) is 17.9 Å². The summed E-state index contributed by atoms with van der Waals surface area (Å²) in [6.45, 7) is 1.75. The number of hydrogen-bond donors (Lipinski definition) is 2. The van der Waals surface area contributed by atoms with Gasteiger partial charge in [-0.2, -0.15) is 0 Å². The van der Waals surface area contributed by atoms with Crippen molar-refractivity contribution < 1.29 is 0 Å². The molecular weight excluding hydrogens is 178 g/mol. The number of aryl methyl sites for hydroxylation is 1. The summed E-state index contributed by atoms with van der Waals surface area (Å²) in [5, 5.41) is 11.3. The maximum absolute atomic E-state index is 5.66. The highest BCUT2D eigenvalue weighted by atomic mass is 15.4. The molecule has 14 heavy (non-hydrogen) atoms. The molecule has 1 aromatic rings. The molecule has 1 fully saturated rings. The van der Waals surface area contributed by atoms with Crippen LogP contribution in [0.1, 0.15) is 24.5 Å². The van der Waals surface area contributed by atoms with Crippen molar-refractivity contribution in [3.05, 3.63) is 11.9 Å². The van der Waals surface area contributed by atoms with E-state index in [1.54, 1.807) is 0 Å². The number of hydrogen-bond acceptors (Lipinski definition) is 4. The monoisotopic (exact) mass is 195 g/mol. The molecule has 5 heteroatoms. The first kappa shape index (κ1) is 9.61. The Bertz CT molecular complexity index is 295. The summed E-state index contributed by atoms with van der Waals surface area (Å²) in [4.78, 5) is 0. The van der Waals surface area contributed by atoms with Gasteiger partial charge in [-0.1, -0.05) is 5.21 Å². The Kier molecular flexibility index (Phi) is 2.79. The molecule has 3 N–H and O–H groups in total. The standard InChI is InChI=1S/C9H17N5/c1-14-9(6-12-13-14)7-2-3-11-8(4-7)5-10/h6-8,11H,2-5,10H2,1H3. The zero-order valence-electron chi connectivity index (χ0n) is 8.48. The van der Waals surface area contributed by atoms with Gasteiger partial charge in [0.15, 0.2) is 0 Å². The van der Waals surface area contributed by atoms with E-state index in [0.29, 0.717) is 18.5 Å². The fourth-order valence-corrected chi connectivity index (χ4v) is 2.12. The van der Waals surface area contributed by atoms with E-state index in [1.165, 1.54) is 5.69 Å². The molecule has 1 aliphatic heterocycles. The third kappa shape index (κ3) is 1.78. The minimum Gasteiger partial charge on any atom is -0.329 e. The number of nitrogens with one attached hydrogen (secondary N) is 1. The van der Waals surface area contributed by atoms with Crippen LogP contribution in [0.3, 0.4) is 0 Å². The molecule has 1 aliphatic rings. The summed E-state index contributed by atoms with van der Waals surface area (Å²) in [7, 11) is 1.95. The molecule has 0 bridgehead atoms. The van der Waals surface area contributed by atoms with Crippen molar-refractivity contribution >= 4 is 0 Å². The van der Waals surface area contributed by atoms with Crippen molar-refractivity contribution in [2.75, 3.05) is 13.1 Å². The molecule has 0 saturated carbocycles. The van der Waals surface area contributed by atoms with Gasteiger partial charge in [-0.3, -0.25) is 4.68 Å². The number of nitrogens with zero attached hydrogens (tertiary/aromatic N) is 3. The molecule has 1 aromatic heterocycles. The van der Waals surface area contributed by atoms with Crippen molar-refractivity contribution in [3.8, 4) is 0 Å². The maximum Gasteiger partial charge on any atom is 0.0727 e. The van der Waals surface area contributed by atoms with E-state index in [9.17, 15) is 0 Å². The Morgan fingerprint density at radius 3 is 3.21 bits per heavy atom. The highest BCUT2D eigenvalue weighted by Gasteiger charge is 2.23. The average molecular weight is 195 g/mol. The van der Waals surface area contributed by atoms with Gasteiger partial charge in [0.1, 0.15) is 0 Å². The zero-order chi connectivity index (χ0) is 9.97. The molecule has 0 radical (unpaired) electrons. The lowest BCUT2D eigenvalue weighted by atomic mass is 9.90. The zero-order valence-corrected chi connectivity index (χ0v) is 8.48. The Morgan fingerprint density at radius 1 is 1.71 bits per heavy atom. The van der Waals surface area contributed by atoms with E-state index >= 15 is 0 Å². The van der Waals surface area contributed by atoms with Crippen LogP contribution in [0.2, 0.25) is 0 Å². The van der Waals surface area contributed by atoms with Gasteiger partial charge in [-0.25, -0.2) is 0 Å². The van der Waals surface area contributed by atoms with Crippen molar-refractivity contribution in [2.24, 2.45) is 12.8 Å². The van der Waals surface area contributed by atoms with E-state index in [-0.39, 0.29) is 0 Å². The van der Waals surface area contributed by atoms with Gasteiger partial charge in [0.2, 0.25) is 0 Å². The number of aromatic nitrogens is 3. The van der Waals surface area contributed by atoms with Crippen LogP contribution in [0.5, 0.6) is 0 Å². The predicted molar refractivity (Wildman–Crippen MR) is 53.8 cm³/mol. The van der Waals surface area contributed by atoms with Crippen molar-refractivity contribution in [1.82, 2.24) is 20.3 Å². The molecule has 0 aromatic carbocycles. The third-order valence-corrected chi connectivity index (χ3v) is 2.95. The van der Waals surface area contributed by atoms with Crippen LogP contribution in [0.4, 0.5) is 0 Å². The van der Waals surface area contributed by atoms with Crippen LogP contribution < -0.4 is 11.1 Å². The topological polar surface area (TPSA) is 68.8 Å². The van der Waals surface area contributed by atoms with Gasteiger partial charge in [0.25, 0.3) is 0 Å². The smallest absolute Gasteiger partial charge is 0.0727 e. The second-order valence-electron chi connectivity index (χ2n) is 3.89. The third-order valence-electron chi connectivity index (χ3n) is 2.95.